The second-order valence-electron chi connectivity index (χ2n) is 7.55. The van der Waals surface area contributed by atoms with Crippen molar-refractivity contribution in [1.82, 2.24) is 0 Å². The van der Waals surface area contributed by atoms with E-state index >= 15 is 0 Å². The topological polar surface area (TPSA) is 46.5 Å². The van der Waals surface area contributed by atoms with Gasteiger partial charge in [-0.15, -0.1) is 0 Å². The normalized spacial score (nSPS) is 17.8. The Kier molecular flexibility index (Phi) is 5.84. The Labute approximate surface area is 166 Å². The molecule has 1 heterocycles. The molecule has 1 N–H and O–H groups in total. The summed E-state index contributed by atoms with van der Waals surface area (Å²) in [6, 6.07) is 13.0. The molecule has 1 aliphatic heterocycles. The lowest BCUT2D eigenvalue weighted by molar-refractivity contribution is 0.104. The maximum absolute atomic E-state index is 12.5. The van der Waals surface area contributed by atoms with Crippen molar-refractivity contribution in [2.75, 3.05) is 0 Å². The van der Waals surface area contributed by atoms with Crippen molar-refractivity contribution in [1.29, 1.82) is 0 Å². The highest BCUT2D eigenvalue weighted by atomic mass is 16.5. The summed E-state index contributed by atoms with van der Waals surface area (Å²) < 4.78 is 6.14. The van der Waals surface area contributed by atoms with Crippen LogP contribution in [0.4, 0.5) is 0 Å². The molecule has 1 aliphatic rings. The van der Waals surface area contributed by atoms with E-state index in [-0.39, 0.29) is 17.1 Å². The fraction of sp³-hybridized carbons (Fsp3) is 0.240. The fourth-order valence-corrected chi connectivity index (χ4v) is 3.19. The van der Waals surface area contributed by atoms with E-state index in [1.165, 1.54) is 11.6 Å². The van der Waals surface area contributed by atoms with Crippen LogP contribution >= 0.6 is 0 Å². The first-order valence-corrected chi connectivity index (χ1v) is 9.53. The van der Waals surface area contributed by atoms with Gasteiger partial charge in [-0.25, -0.2) is 0 Å². The Bertz CT molecular complexity index is 947. The standard InChI is InChI=1S/C25H26O3/c1-18(2)8-7-16-25(3)17-15-21-23(28-25)14-12-20(24(21)27)22(26)13-11-19-9-5-4-6-10-19/h4-6,8-15,17,27H,7,16H2,1-3H3. The van der Waals surface area contributed by atoms with Crippen LogP contribution < -0.4 is 4.74 Å². The summed E-state index contributed by atoms with van der Waals surface area (Å²) in [5.41, 5.74) is 2.62. The summed E-state index contributed by atoms with van der Waals surface area (Å²) in [5.74, 6) is 0.320. The van der Waals surface area contributed by atoms with Gasteiger partial charge in [-0.3, -0.25) is 4.79 Å². The van der Waals surface area contributed by atoms with E-state index in [0.29, 0.717) is 11.3 Å². The lowest BCUT2D eigenvalue weighted by Crippen LogP contribution is -2.31. The Morgan fingerprint density at radius 3 is 2.61 bits per heavy atom. The average Bonchev–Trinajstić information content (AvgIpc) is 2.66. The van der Waals surface area contributed by atoms with Crippen molar-refractivity contribution >= 4 is 17.9 Å². The molecular weight excluding hydrogens is 348 g/mol. The molecule has 0 saturated heterocycles. The number of fused-ring (bicyclic) bond motifs is 1. The number of carbonyl (C=O) groups excluding carboxylic acids is 1. The smallest absolute Gasteiger partial charge is 0.189 e. The first-order chi connectivity index (χ1) is 13.4. The zero-order chi connectivity index (χ0) is 20.1. The first-order valence-electron chi connectivity index (χ1n) is 9.53. The highest BCUT2D eigenvalue weighted by Gasteiger charge is 2.29. The Hall–Kier alpha value is -3.07. The van der Waals surface area contributed by atoms with Crippen LogP contribution in [0.2, 0.25) is 0 Å². The minimum absolute atomic E-state index is 0.0391. The lowest BCUT2D eigenvalue weighted by atomic mass is 9.93. The van der Waals surface area contributed by atoms with E-state index in [9.17, 15) is 9.90 Å². The number of ketones is 1. The van der Waals surface area contributed by atoms with Gasteiger partial charge in [0.1, 0.15) is 17.1 Å². The number of carbonyl (C=O) groups is 1. The third kappa shape index (κ3) is 4.61. The number of hydrogen-bond donors (Lipinski definition) is 1. The Morgan fingerprint density at radius 2 is 1.89 bits per heavy atom. The maximum atomic E-state index is 12.5. The molecule has 0 saturated carbocycles. The molecule has 3 rings (SSSR count). The molecule has 1 atom stereocenters. The van der Waals surface area contributed by atoms with E-state index in [1.54, 1.807) is 18.2 Å². The van der Waals surface area contributed by atoms with E-state index in [4.69, 9.17) is 4.74 Å². The third-order valence-electron chi connectivity index (χ3n) is 4.81. The highest BCUT2D eigenvalue weighted by molar-refractivity contribution is 6.09. The molecule has 3 nitrogen and oxygen atoms in total. The maximum Gasteiger partial charge on any atom is 0.189 e. The molecule has 0 radical (unpaired) electrons. The number of benzene rings is 2. The summed E-state index contributed by atoms with van der Waals surface area (Å²) >= 11 is 0. The van der Waals surface area contributed by atoms with Gasteiger partial charge >= 0.3 is 0 Å². The molecule has 3 heteroatoms. The van der Waals surface area contributed by atoms with Crippen LogP contribution in [0.5, 0.6) is 11.5 Å². The number of hydrogen-bond acceptors (Lipinski definition) is 3. The molecule has 0 aromatic heterocycles. The molecule has 0 aliphatic carbocycles. The molecule has 0 fully saturated rings. The molecular formula is C25H26O3. The first kappa shape index (κ1) is 19.7. The fourth-order valence-electron chi connectivity index (χ4n) is 3.19. The predicted octanol–water partition coefficient (Wildman–Crippen LogP) is 6.20. The van der Waals surface area contributed by atoms with Gasteiger partial charge in [0.25, 0.3) is 0 Å². The molecule has 2 aromatic rings. The van der Waals surface area contributed by atoms with Crippen molar-refractivity contribution in [3.05, 3.63) is 83.0 Å². The van der Waals surface area contributed by atoms with Crippen molar-refractivity contribution in [2.24, 2.45) is 0 Å². The van der Waals surface area contributed by atoms with Gasteiger partial charge in [-0.2, -0.15) is 0 Å². The zero-order valence-corrected chi connectivity index (χ0v) is 16.6. The van der Waals surface area contributed by atoms with Crippen molar-refractivity contribution in [3.8, 4) is 11.5 Å². The number of phenolic OH excluding ortho intramolecular Hbond substituents is 1. The highest BCUT2D eigenvalue weighted by Crippen LogP contribution is 2.40. The second-order valence-corrected chi connectivity index (χ2v) is 7.55. The summed E-state index contributed by atoms with van der Waals surface area (Å²) in [5, 5.41) is 10.6. The van der Waals surface area contributed by atoms with Crippen molar-refractivity contribution in [3.63, 3.8) is 0 Å². The largest absolute Gasteiger partial charge is 0.506 e. The van der Waals surface area contributed by atoms with Crippen LogP contribution in [0.3, 0.4) is 0 Å². The molecule has 0 spiro atoms. The summed E-state index contributed by atoms with van der Waals surface area (Å²) in [6.45, 7) is 6.19. The monoisotopic (exact) mass is 374 g/mol. The van der Waals surface area contributed by atoms with E-state index in [0.717, 1.165) is 18.4 Å². The van der Waals surface area contributed by atoms with E-state index in [1.807, 2.05) is 49.4 Å². The second kappa shape index (κ2) is 8.30. The predicted molar refractivity (Wildman–Crippen MR) is 115 cm³/mol. The number of aromatic hydroxyl groups is 1. The number of allylic oxidation sites excluding steroid dienone is 3. The third-order valence-corrected chi connectivity index (χ3v) is 4.81. The SMILES string of the molecule is CC(C)=CCCC1(C)C=Cc2c(ccc(C(=O)C=Cc3ccccc3)c2O)O1. The van der Waals surface area contributed by atoms with Crippen LogP contribution in [0, 0.1) is 0 Å². The summed E-state index contributed by atoms with van der Waals surface area (Å²) in [6.07, 6.45) is 11.0. The summed E-state index contributed by atoms with van der Waals surface area (Å²) in [7, 11) is 0. The summed E-state index contributed by atoms with van der Waals surface area (Å²) in [4.78, 5) is 12.5. The van der Waals surface area contributed by atoms with Crippen LogP contribution in [0.15, 0.2) is 66.3 Å². The average molecular weight is 374 g/mol. The molecule has 0 bridgehead atoms. The molecule has 2 aromatic carbocycles. The Balaban J connectivity index is 1.79. The van der Waals surface area contributed by atoms with Gasteiger partial charge in [0.2, 0.25) is 0 Å². The van der Waals surface area contributed by atoms with Gasteiger partial charge in [0.15, 0.2) is 5.78 Å². The van der Waals surface area contributed by atoms with Crippen LogP contribution in [0.1, 0.15) is 55.1 Å². The molecule has 0 amide bonds. The molecule has 1 unspecified atom stereocenters. The van der Waals surface area contributed by atoms with Gasteiger partial charge in [-0.05, 0) is 69.5 Å². The van der Waals surface area contributed by atoms with Gasteiger partial charge in [-0.1, -0.05) is 48.1 Å². The number of phenols is 1. The minimum atomic E-state index is -0.426. The van der Waals surface area contributed by atoms with Crippen LogP contribution in [0.25, 0.3) is 12.2 Å². The van der Waals surface area contributed by atoms with Gasteiger partial charge in [0, 0.05) is 0 Å². The van der Waals surface area contributed by atoms with Crippen molar-refractivity contribution < 1.29 is 14.6 Å². The molecule has 28 heavy (non-hydrogen) atoms. The van der Waals surface area contributed by atoms with Crippen LogP contribution in [-0.4, -0.2) is 16.5 Å². The van der Waals surface area contributed by atoms with Crippen LogP contribution in [-0.2, 0) is 0 Å². The zero-order valence-electron chi connectivity index (χ0n) is 16.6. The number of ether oxygens (including phenoxy) is 1. The van der Waals surface area contributed by atoms with Gasteiger partial charge < -0.3 is 9.84 Å². The lowest BCUT2D eigenvalue weighted by Gasteiger charge is -2.32. The quantitative estimate of drug-likeness (QED) is 0.372. The van der Waals surface area contributed by atoms with E-state index in [2.05, 4.69) is 19.9 Å². The van der Waals surface area contributed by atoms with Crippen molar-refractivity contribution in [2.45, 2.75) is 39.2 Å². The molecule has 144 valence electrons. The minimum Gasteiger partial charge on any atom is -0.506 e. The number of rotatable bonds is 6. The van der Waals surface area contributed by atoms with E-state index < -0.39 is 5.60 Å². The Morgan fingerprint density at radius 1 is 1.14 bits per heavy atom. The van der Waals surface area contributed by atoms with Gasteiger partial charge in [0.05, 0.1) is 11.1 Å².